The van der Waals surface area contributed by atoms with Crippen molar-refractivity contribution in [2.24, 2.45) is 17.8 Å². The molecule has 0 aromatic rings. The number of rotatable bonds is 1. The summed E-state index contributed by atoms with van der Waals surface area (Å²) in [4.78, 5) is 10.6. The van der Waals surface area contributed by atoms with Gasteiger partial charge in [0.15, 0.2) is 0 Å². The Morgan fingerprint density at radius 3 is 2.00 bits per heavy atom. The van der Waals surface area contributed by atoms with Gasteiger partial charge in [-0.3, -0.25) is 0 Å². The quantitative estimate of drug-likeness (QED) is 0.400. The first-order valence-corrected chi connectivity index (χ1v) is 4.48. The largest absolute Gasteiger partial charge is 1.00 e. The summed E-state index contributed by atoms with van der Waals surface area (Å²) in [5.74, 6) is 0.231. The molecule has 0 spiro atoms. The fourth-order valence-electron chi connectivity index (χ4n) is 2.67. The Bertz CT molecular complexity index is 173. The standard InChI is InChI=1S/C9H14O2.Li/c10-9(11)8-5-6-1-3-7(8)4-2-6;/h6-8H,1-5H2,(H,10,11);/q;+1/p-1/t6?,7?,8-;/m1./s1. The molecule has 3 aliphatic carbocycles. The summed E-state index contributed by atoms with van der Waals surface area (Å²) in [7, 11) is 0. The van der Waals surface area contributed by atoms with E-state index >= 15 is 0 Å². The van der Waals surface area contributed by atoms with E-state index in [0.29, 0.717) is 11.8 Å². The second-order valence-electron chi connectivity index (χ2n) is 3.94. The van der Waals surface area contributed by atoms with Gasteiger partial charge in [0, 0.05) is 11.9 Å². The first-order valence-electron chi connectivity index (χ1n) is 4.48. The predicted octanol–water partition coefficient (Wildman–Crippen LogP) is -2.43. The molecule has 3 aliphatic rings. The van der Waals surface area contributed by atoms with Gasteiger partial charge in [-0.2, -0.15) is 0 Å². The molecule has 0 aromatic heterocycles. The molecule has 0 N–H and O–H groups in total. The smallest absolute Gasteiger partial charge is 0.550 e. The van der Waals surface area contributed by atoms with Crippen LogP contribution in [0.25, 0.3) is 0 Å². The summed E-state index contributed by atoms with van der Waals surface area (Å²) in [6.07, 6.45) is 5.67. The van der Waals surface area contributed by atoms with Crippen molar-refractivity contribution in [3.05, 3.63) is 0 Å². The van der Waals surface area contributed by atoms with Crippen molar-refractivity contribution in [2.45, 2.75) is 32.1 Å². The van der Waals surface area contributed by atoms with Gasteiger partial charge in [0.25, 0.3) is 0 Å². The Morgan fingerprint density at radius 1 is 1.17 bits per heavy atom. The van der Waals surface area contributed by atoms with Crippen LogP contribution in [0.1, 0.15) is 32.1 Å². The van der Waals surface area contributed by atoms with Gasteiger partial charge >= 0.3 is 18.9 Å². The predicted molar refractivity (Wildman–Crippen MR) is 38.6 cm³/mol. The molecule has 0 aliphatic heterocycles. The molecule has 2 nitrogen and oxygen atoms in total. The van der Waals surface area contributed by atoms with Crippen LogP contribution >= 0.6 is 0 Å². The molecule has 1 atom stereocenters. The third-order valence-corrected chi connectivity index (χ3v) is 3.35. The second-order valence-corrected chi connectivity index (χ2v) is 3.94. The summed E-state index contributed by atoms with van der Waals surface area (Å²) in [5, 5.41) is 10.6. The fraction of sp³-hybridized carbons (Fsp3) is 0.889. The van der Waals surface area contributed by atoms with E-state index in [4.69, 9.17) is 0 Å². The minimum absolute atomic E-state index is 0. The molecule has 3 heteroatoms. The number of aliphatic carboxylic acids is 1. The first-order chi connectivity index (χ1) is 5.27. The molecule has 0 amide bonds. The van der Waals surface area contributed by atoms with Crippen molar-refractivity contribution >= 4 is 5.97 Å². The van der Waals surface area contributed by atoms with Crippen molar-refractivity contribution in [3.8, 4) is 0 Å². The molecule has 0 aromatic carbocycles. The number of carbonyl (C=O) groups excluding carboxylic acids is 1. The topological polar surface area (TPSA) is 40.1 Å². The maximum atomic E-state index is 10.6. The van der Waals surface area contributed by atoms with Crippen molar-refractivity contribution < 1.29 is 28.8 Å². The first kappa shape index (κ1) is 10.2. The van der Waals surface area contributed by atoms with E-state index in [1.807, 2.05) is 0 Å². The minimum atomic E-state index is -0.806. The van der Waals surface area contributed by atoms with Crippen molar-refractivity contribution in [2.75, 3.05) is 0 Å². The molecule has 12 heavy (non-hydrogen) atoms. The Kier molecular flexibility index (Phi) is 3.26. The molecule has 0 unspecified atom stereocenters. The zero-order valence-corrected chi connectivity index (χ0v) is 7.58. The van der Waals surface area contributed by atoms with E-state index in [2.05, 4.69) is 0 Å². The molecule has 0 radical (unpaired) electrons. The molecule has 3 fully saturated rings. The van der Waals surface area contributed by atoms with Crippen LogP contribution in [0.3, 0.4) is 0 Å². The van der Waals surface area contributed by atoms with Gasteiger partial charge in [-0.15, -0.1) is 0 Å². The van der Waals surface area contributed by atoms with Gasteiger partial charge in [0.2, 0.25) is 0 Å². The van der Waals surface area contributed by atoms with E-state index in [1.54, 1.807) is 0 Å². The molecular formula is C9H13LiO2. The normalized spacial score (nSPS) is 38.8. The maximum Gasteiger partial charge on any atom is 1.00 e. The summed E-state index contributed by atoms with van der Waals surface area (Å²) in [6, 6.07) is 0. The van der Waals surface area contributed by atoms with Gasteiger partial charge in [0.05, 0.1) is 0 Å². The van der Waals surface area contributed by atoms with Crippen LogP contribution in [0, 0.1) is 17.8 Å². The van der Waals surface area contributed by atoms with Crippen LogP contribution in [-0.4, -0.2) is 5.97 Å². The van der Waals surface area contributed by atoms with Crippen LogP contribution in [0.5, 0.6) is 0 Å². The number of carboxylic acids is 1. The van der Waals surface area contributed by atoms with Gasteiger partial charge in [-0.05, 0) is 31.1 Å². The van der Waals surface area contributed by atoms with E-state index in [0.717, 1.165) is 19.3 Å². The molecule has 0 saturated heterocycles. The van der Waals surface area contributed by atoms with Gasteiger partial charge in [-0.25, -0.2) is 0 Å². The third kappa shape index (κ3) is 1.70. The van der Waals surface area contributed by atoms with Crippen LogP contribution in [-0.2, 0) is 4.79 Å². The van der Waals surface area contributed by atoms with Crippen LogP contribution in [0.2, 0.25) is 0 Å². The second kappa shape index (κ2) is 3.85. The molecule has 3 saturated carbocycles. The Hall–Kier alpha value is 0.0674. The molecule has 3 rings (SSSR count). The Balaban J connectivity index is 0.000000720. The Labute approximate surface area is 84.9 Å². The average Bonchev–Trinajstić information content (AvgIpc) is 2.06. The van der Waals surface area contributed by atoms with Crippen molar-refractivity contribution in [1.29, 1.82) is 0 Å². The number of carbonyl (C=O) groups is 1. The SMILES string of the molecule is O=C([O-])[C@@H]1CC2CCC1CC2.[Li+]. The monoisotopic (exact) mass is 160 g/mol. The van der Waals surface area contributed by atoms with Gasteiger partial charge in [-0.1, -0.05) is 12.8 Å². The minimum Gasteiger partial charge on any atom is -0.550 e. The van der Waals surface area contributed by atoms with Gasteiger partial charge < -0.3 is 9.90 Å². The number of carboxylic acid groups (broad SMARTS) is 1. The van der Waals surface area contributed by atoms with Crippen LogP contribution < -0.4 is 24.0 Å². The summed E-state index contributed by atoms with van der Waals surface area (Å²) >= 11 is 0. The van der Waals surface area contributed by atoms with E-state index in [1.165, 1.54) is 12.8 Å². The summed E-state index contributed by atoms with van der Waals surface area (Å²) in [5.41, 5.74) is 0. The molecule has 62 valence electrons. The number of fused-ring (bicyclic) bond motifs is 3. The molecule has 2 bridgehead atoms. The van der Waals surface area contributed by atoms with Crippen LogP contribution in [0.15, 0.2) is 0 Å². The average molecular weight is 160 g/mol. The van der Waals surface area contributed by atoms with Gasteiger partial charge in [0.1, 0.15) is 0 Å². The molecule has 0 heterocycles. The van der Waals surface area contributed by atoms with Crippen molar-refractivity contribution in [3.63, 3.8) is 0 Å². The fourth-order valence-corrected chi connectivity index (χ4v) is 2.67. The maximum absolute atomic E-state index is 10.6. The van der Waals surface area contributed by atoms with Crippen molar-refractivity contribution in [1.82, 2.24) is 0 Å². The summed E-state index contributed by atoms with van der Waals surface area (Å²) < 4.78 is 0. The summed E-state index contributed by atoms with van der Waals surface area (Å²) in [6.45, 7) is 0. The number of hydrogen-bond donors (Lipinski definition) is 0. The Morgan fingerprint density at radius 2 is 1.75 bits per heavy atom. The van der Waals surface area contributed by atoms with Crippen LogP contribution in [0.4, 0.5) is 0 Å². The zero-order valence-electron chi connectivity index (χ0n) is 7.58. The van der Waals surface area contributed by atoms with E-state index < -0.39 is 5.97 Å². The van der Waals surface area contributed by atoms with E-state index in [-0.39, 0.29) is 24.8 Å². The zero-order chi connectivity index (χ0) is 7.84. The molecular weight excluding hydrogens is 147 g/mol. The number of hydrogen-bond acceptors (Lipinski definition) is 2. The van der Waals surface area contributed by atoms with E-state index in [9.17, 15) is 9.90 Å². The third-order valence-electron chi connectivity index (χ3n) is 3.35.